The van der Waals surface area contributed by atoms with E-state index in [0.717, 1.165) is 31.4 Å². The molecule has 1 atom stereocenters. The fourth-order valence-electron chi connectivity index (χ4n) is 1.69. The summed E-state index contributed by atoms with van der Waals surface area (Å²) in [7, 11) is 1.69. The van der Waals surface area contributed by atoms with Gasteiger partial charge in [-0.25, -0.2) is 0 Å². The van der Waals surface area contributed by atoms with Gasteiger partial charge in [0.15, 0.2) is 0 Å². The molecule has 0 saturated carbocycles. The maximum absolute atomic E-state index is 6.11. The molecule has 0 aliphatic heterocycles. The number of halogens is 2. The molecule has 0 fully saturated rings. The van der Waals surface area contributed by atoms with Gasteiger partial charge in [-0.05, 0) is 37.0 Å². The Labute approximate surface area is 112 Å². The molecule has 0 saturated heterocycles. The lowest BCUT2D eigenvalue weighted by molar-refractivity contribution is 0.188. The quantitative estimate of drug-likeness (QED) is 0.457. The van der Waals surface area contributed by atoms with Crippen LogP contribution in [-0.2, 0) is 11.2 Å². The van der Waals surface area contributed by atoms with Crippen LogP contribution in [0.1, 0.15) is 18.4 Å². The first-order valence-corrected chi connectivity index (χ1v) is 6.32. The molecule has 5 heteroatoms. The van der Waals surface area contributed by atoms with Crippen LogP contribution in [0.3, 0.4) is 0 Å². The average Bonchev–Trinajstić information content (AvgIpc) is 2.32. The lowest BCUT2D eigenvalue weighted by atomic mass is 10.0. The number of rotatable bonds is 7. The van der Waals surface area contributed by atoms with Crippen molar-refractivity contribution in [2.75, 3.05) is 13.7 Å². The van der Waals surface area contributed by atoms with Gasteiger partial charge in [0.2, 0.25) is 0 Å². The van der Waals surface area contributed by atoms with Crippen LogP contribution in [0.25, 0.3) is 0 Å². The fourth-order valence-corrected chi connectivity index (χ4v) is 2.24. The minimum absolute atomic E-state index is 0.155. The summed E-state index contributed by atoms with van der Waals surface area (Å²) >= 11 is 12.2. The fraction of sp³-hybridized carbons (Fsp3) is 0.500. The van der Waals surface area contributed by atoms with E-state index in [0.29, 0.717) is 10.0 Å². The van der Waals surface area contributed by atoms with Crippen LogP contribution >= 0.6 is 23.2 Å². The van der Waals surface area contributed by atoms with E-state index in [4.69, 9.17) is 33.8 Å². The molecule has 0 radical (unpaired) electrons. The Balaban J connectivity index is 2.60. The number of hydrazine groups is 1. The number of nitrogens with one attached hydrogen (secondary N) is 1. The van der Waals surface area contributed by atoms with Crippen molar-refractivity contribution in [3.05, 3.63) is 33.8 Å². The van der Waals surface area contributed by atoms with Crippen molar-refractivity contribution in [1.82, 2.24) is 5.43 Å². The highest BCUT2D eigenvalue weighted by Crippen LogP contribution is 2.26. The van der Waals surface area contributed by atoms with Crippen LogP contribution in [-0.4, -0.2) is 19.8 Å². The molecule has 0 amide bonds. The normalized spacial score (nSPS) is 12.7. The third-order valence-corrected chi connectivity index (χ3v) is 3.36. The highest BCUT2D eigenvalue weighted by Gasteiger charge is 2.12. The Morgan fingerprint density at radius 1 is 1.35 bits per heavy atom. The smallest absolute Gasteiger partial charge is 0.0462 e. The predicted molar refractivity (Wildman–Crippen MR) is 72.4 cm³/mol. The van der Waals surface area contributed by atoms with E-state index in [9.17, 15) is 0 Å². The van der Waals surface area contributed by atoms with Gasteiger partial charge in [-0.15, -0.1) is 0 Å². The summed E-state index contributed by atoms with van der Waals surface area (Å²) in [6, 6.07) is 5.67. The second-order valence-electron chi connectivity index (χ2n) is 3.90. The van der Waals surface area contributed by atoms with Crippen molar-refractivity contribution in [2.45, 2.75) is 25.3 Å². The van der Waals surface area contributed by atoms with Crippen LogP contribution in [0.15, 0.2) is 18.2 Å². The van der Waals surface area contributed by atoms with E-state index in [-0.39, 0.29) is 6.04 Å². The van der Waals surface area contributed by atoms with E-state index < -0.39 is 0 Å². The maximum atomic E-state index is 6.11. The van der Waals surface area contributed by atoms with Crippen molar-refractivity contribution < 1.29 is 4.74 Å². The first kappa shape index (κ1) is 14.7. The lowest BCUT2D eigenvalue weighted by Crippen LogP contribution is -2.37. The standard InChI is InChI=1S/C12H18Cl2N2O/c1-17-7-3-4-9(16-15)8-10-11(13)5-2-6-12(10)14/h2,5-6,9,16H,3-4,7-8,15H2,1H3. The highest BCUT2D eigenvalue weighted by molar-refractivity contribution is 6.35. The zero-order valence-electron chi connectivity index (χ0n) is 9.88. The molecule has 96 valence electrons. The highest BCUT2D eigenvalue weighted by atomic mass is 35.5. The first-order chi connectivity index (χ1) is 8.19. The van der Waals surface area contributed by atoms with Crippen molar-refractivity contribution in [2.24, 2.45) is 5.84 Å². The van der Waals surface area contributed by atoms with Gasteiger partial charge in [0.1, 0.15) is 0 Å². The molecule has 0 bridgehead atoms. The van der Waals surface area contributed by atoms with E-state index in [1.54, 1.807) is 7.11 Å². The Morgan fingerprint density at radius 3 is 2.53 bits per heavy atom. The Hall–Kier alpha value is -0.320. The van der Waals surface area contributed by atoms with Gasteiger partial charge in [0, 0.05) is 29.8 Å². The number of hydrogen-bond donors (Lipinski definition) is 2. The van der Waals surface area contributed by atoms with Crippen LogP contribution in [0.2, 0.25) is 10.0 Å². The van der Waals surface area contributed by atoms with Gasteiger partial charge in [-0.3, -0.25) is 11.3 Å². The van der Waals surface area contributed by atoms with Crippen LogP contribution in [0.5, 0.6) is 0 Å². The largest absolute Gasteiger partial charge is 0.385 e. The van der Waals surface area contributed by atoms with Gasteiger partial charge in [-0.2, -0.15) is 0 Å². The summed E-state index contributed by atoms with van der Waals surface area (Å²) in [5.74, 6) is 5.53. The number of nitrogens with two attached hydrogens (primary N) is 1. The van der Waals surface area contributed by atoms with Gasteiger partial charge < -0.3 is 4.74 Å². The summed E-state index contributed by atoms with van der Waals surface area (Å²) in [5, 5.41) is 1.37. The number of benzene rings is 1. The Kier molecular flexibility index (Phi) is 6.85. The third kappa shape index (κ3) is 4.82. The second-order valence-corrected chi connectivity index (χ2v) is 4.72. The maximum Gasteiger partial charge on any atom is 0.0462 e. The average molecular weight is 277 g/mol. The summed E-state index contributed by atoms with van der Waals surface area (Å²) in [4.78, 5) is 0. The molecule has 1 aromatic carbocycles. The summed E-state index contributed by atoms with van der Waals surface area (Å²) < 4.78 is 5.01. The van der Waals surface area contributed by atoms with Crippen molar-refractivity contribution >= 4 is 23.2 Å². The molecule has 0 aliphatic rings. The molecule has 0 aromatic heterocycles. The molecule has 1 unspecified atom stereocenters. The molecule has 17 heavy (non-hydrogen) atoms. The second kappa shape index (κ2) is 7.90. The van der Waals surface area contributed by atoms with E-state index in [2.05, 4.69) is 5.43 Å². The molecule has 0 heterocycles. The van der Waals surface area contributed by atoms with Crippen molar-refractivity contribution in [3.8, 4) is 0 Å². The topological polar surface area (TPSA) is 47.3 Å². The molecule has 0 aliphatic carbocycles. The van der Waals surface area contributed by atoms with Gasteiger partial charge >= 0.3 is 0 Å². The van der Waals surface area contributed by atoms with E-state index in [1.807, 2.05) is 18.2 Å². The zero-order chi connectivity index (χ0) is 12.7. The van der Waals surface area contributed by atoms with Crippen LogP contribution < -0.4 is 11.3 Å². The molecule has 0 spiro atoms. The molecular formula is C12H18Cl2N2O. The first-order valence-electron chi connectivity index (χ1n) is 5.57. The SMILES string of the molecule is COCCCC(Cc1c(Cl)cccc1Cl)NN. The third-order valence-electron chi connectivity index (χ3n) is 2.65. The van der Waals surface area contributed by atoms with Crippen LogP contribution in [0.4, 0.5) is 0 Å². The lowest BCUT2D eigenvalue weighted by Gasteiger charge is -2.17. The summed E-state index contributed by atoms with van der Waals surface area (Å²) in [6.07, 6.45) is 2.60. The number of ether oxygens (including phenoxy) is 1. The van der Waals surface area contributed by atoms with Gasteiger partial charge in [0.25, 0.3) is 0 Å². The summed E-state index contributed by atoms with van der Waals surface area (Å²) in [5.41, 5.74) is 3.73. The van der Waals surface area contributed by atoms with Crippen LogP contribution in [0, 0.1) is 0 Å². The minimum Gasteiger partial charge on any atom is -0.385 e. The molecule has 3 N–H and O–H groups in total. The number of methoxy groups -OCH3 is 1. The number of hydrogen-bond acceptors (Lipinski definition) is 3. The molecule has 1 rings (SSSR count). The zero-order valence-corrected chi connectivity index (χ0v) is 11.4. The molecule has 1 aromatic rings. The molecule has 3 nitrogen and oxygen atoms in total. The Bertz CT molecular complexity index is 327. The van der Waals surface area contributed by atoms with Gasteiger partial charge in [0.05, 0.1) is 0 Å². The van der Waals surface area contributed by atoms with Crippen molar-refractivity contribution in [1.29, 1.82) is 0 Å². The van der Waals surface area contributed by atoms with Gasteiger partial charge in [-0.1, -0.05) is 29.3 Å². The minimum atomic E-state index is 0.155. The predicted octanol–water partition coefficient (Wildman–Crippen LogP) is 2.79. The van der Waals surface area contributed by atoms with E-state index in [1.165, 1.54) is 0 Å². The summed E-state index contributed by atoms with van der Waals surface area (Å²) in [6.45, 7) is 0.731. The monoisotopic (exact) mass is 276 g/mol. The Morgan fingerprint density at radius 2 is 2.00 bits per heavy atom. The van der Waals surface area contributed by atoms with Crippen molar-refractivity contribution in [3.63, 3.8) is 0 Å². The molecular weight excluding hydrogens is 259 g/mol. The van der Waals surface area contributed by atoms with E-state index >= 15 is 0 Å².